The summed E-state index contributed by atoms with van der Waals surface area (Å²) in [6, 6.07) is 8.36. The molecule has 2 rings (SSSR count). The highest BCUT2D eigenvalue weighted by molar-refractivity contribution is 5.87. The zero-order valence-corrected chi connectivity index (χ0v) is 11.5. The molecule has 1 heterocycles. The predicted molar refractivity (Wildman–Crippen MR) is 82.3 cm³/mol. The highest BCUT2D eigenvalue weighted by atomic mass is 15.4. The lowest BCUT2D eigenvalue weighted by Crippen LogP contribution is -2.00. The van der Waals surface area contributed by atoms with Crippen LogP contribution in [0.15, 0.2) is 41.8 Å². The molecule has 0 spiro atoms. The van der Waals surface area contributed by atoms with E-state index >= 15 is 0 Å². The van der Waals surface area contributed by atoms with Crippen molar-refractivity contribution in [3.8, 4) is 0 Å². The SMILES string of the molecule is C=NN(C)/C=C(\C)c1ccc2cnc(NC)cc2c1. The van der Waals surface area contributed by atoms with E-state index in [1.54, 1.807) is 5.01 Å². The average molecular weight is 254 g/mol. The maximum Gasteiger partial charge on any atom is 0.126 e. The second-order valence-corrected chi connectivity index (χ2v) is 4.41. The van der Waals surface area contributed by atoms with Crippen molar-refractivity contribution in [2.24, 2.45) is 5.10 Å². The summed E-state index contributed by atoms with van der Waals surface area (Å²) in [6.45, 7) is 5.55. The molecule has 0 amide bonds. The molecule has 0 saturated carbocycles. The highest BCUT2D eigenvalue weighted by Crippen LogP contribution is 2.22. The van der Waals surface area contributed by atoms with Gasteiger partial charge in [0, 0.05) is 38.6 Å². The van der Waals surface area contributed by atoms with Crippen LogP contribution >= 0.6 is 0 Å². The molecule has 19 heavy (non-hydrogen) atoms. The molecule has 0 aliphatic rings. The molecule has 0 aliphatic heterocycles. The average Bonchev–Trinajstić information content (AvgIpc) is 2.45. The summed E-state index contributed by atoms with van der Waals surface area (Å²) in [4.78, 5) is 4.30. The molecule has 1 N–H and O–H groups in total. The Kier molecular flexibility index (Phi) is 3.80. The van der Waals surface area contributed by atoms with Crippen molar-refractivity contribution in [1.82, 2.24) is 9.99 Å². The largest absolute Gasteiger partial charge is 0.373 e. The molecule has 1 aromatic heterocycles. The van der Waals surface area contributed by atoms with Gasteiger partial charge in [0.05, 0.1) is 0 Å². The molecule has 0 fully saturated rings. The Morgan fingerprint density at radius 2 is 2.16 bits per heavy atom. The van der Waals surface area contributed by atoms with Gasteiger partial charge in [0.2, 0.25) is 0 Å². The number of rotatable bonds is 4. The van der Waals surface area contributed by atoms with Gasteiger partial charge in [-0.1, -0.05) is 12.1 Å². The second-order valence-electron chi connectivity index (χ2n) is 4.41. The van der Waals surface area contributed by atoms with E-state index in [1.807, 2.05) is 32.6 Å². The Hall–Kier alpha value is -2.36. The standard InChI is InChI=1S/C15H18N4/c1-11(10-19(4)17-3)12-5-6-13-9-18-15(16-2)8-14(13)7-12/h5-10H,3H2,1-2,4H3,(H,16,18)/b11-10+. The summed E-state index contributed by atoms with van der Waals surface area (Å²) >= 11 is 0. The minimum atomic E-state index is 0.871. The Balaban J connectivity index is 2.45. The van der Waals surface area contributed by atoms with Crippen molar-refractivity contribution in [3.05, 3.63) is 42.2 Å². The molecule has 0 radical (unpaired) electrons. The van der Waals surface area contributed by atoms with Gasteiger partial charge in [-0.15, -0.1) is 0 Å². The normalized spacial score (nSPS) is 11.4. The van der Waals surface area contributed by atoms with Gasteiger partial charge in [0.1, 0.15) is 5.82 Å². The molecule has 98 valence electrons. The summed E-state index contributed by atoms with van der Waals surface area (Å²) in [5.41, 5.74) is 2.30. The molecular weight excluding hydrogens is 236 g/mol. The van der Waals surface area contributed by atoms with E-state index in [1.165, 1.54) is 5.39 Å². The van der Waals surface area contributed by atoms with E-state index in [4.69, 9.17) is 0 Å². The van der Waals surface area contributed by atoms with Crippen LogP contribution in [0.25, 0.3) is 16.3 Å². The smallest absolute Gasteiger partial charge is 0.126 e. The zero-order chi connectivity index (χ0) is 13.8. The highest BCUT2D eigenvalue weighted by Gasteiger charge is 2.01. The number of nitrogens with one attached hydrogen (secondary N) is 1. The number of aromatic nitrogens is 1. The van der Waals surface area contributed by atoms with Crippen LogP contribution in [0.2, 0.25) is 0 Å². The molecule has 0 saturated heterocycles. The summed E-state index contributed by atoms with van der Waals surface area (Å²) in [5.74, 6) is 0.871. The molecule has 0 atom stereocenters. The third-order valence-corrected chi connectivity index (χ3v) is 3.04. The lowest BCUT2D eigenvalue weighted by atomic mass is 10.0. The van der Waals surface area contributed by atoms with Gasteiger partial charge in [-0.2, -0.15) is 5.10 Å². The van der Waals surface area contributed by atoms with Crippen molar-refractivity contribution >= 4 is 28.9 Å². The second kappa shape index (κ2) is 5.52. The van der Waals surface area contributed by atoms with Gasteiger partial charge < -0.3 is 5.32 Å². The Labute approximate surface area is 113 Å². The Bertz CT molecular complexity index is 631. The van der Waals surface area contributed by atoms with E-state index in [0.717, 1.165) is 22.3 Å². The van der Waals surface area contributed by atoms with Crippen molar-refractivity contribution in [1.29, 1.82) is 0 Å². The van der Waals surface area contributed by atoms with Gasteiger partial charge in [0.25, 0.3) is 0 Å². The van der Waals surface area contributed by atoms with Gasteiger partial charge in [-0.05, 0) is 35.6 Å². The van der Waals surface area contributed by atoms with E-state index in [9.17, 15) is 0 Å². The van der Waals surface area contributed by atoms with Crippen LogP contribution in [0.5, 0.6) is 0 Å². The number of benzene rings is 1. The molecule has 4 nitrogen and oxygen atoms in total. The van der Waals surface area contributed by atoms with E-state index in [2.05, 4.69) is 47.2 Å². The fourth-order valence-electron chi connectivity index (χ4n) is 1.92. The van der Waals surface area contributed by atoms with Crippen molar-refractivity contribution < 1.29 is 0 Å². The van der Waals surface area contributed by atoms with Crippen molar-refractivity contribution in [2.45, 2.75) is 6.92 Å². The Morgan fingerprint density at radius 1 is 1.37 bits per heavy atom. The third-order valence-electron chi connectivity index (χ3n) is 3.04. The first-order valence-corrected chi connectivity index (χ1v) is 6.10. The minimum Gasteiger partial charge on any atom is -0.373 e. The summed E-state index contributed by atoms with van der Waals surface area (Å²) < 4.78 is 0. The quantitative estimate of drug-likeness (QED) is 0.673. The number of anilines is 1. The molecule has 1 aromatic carbocycles. The van der Waals surface area contributed by atoms with Gasteiger partial charge in [-0.25, -0.2) is 4.98 Å². The number of nitrogens with zero attached hydrogens (tertiary/aromatic N) is 3. The molecular formula is C15H18N4. The van der Waals surface area contributed by atoms with Crippen molar-refractivity contribution in [3.63, 3.8) is 0 Å². The number of hydrazone groups is 1. The number of fused-ring (bicyclic) bond motifs is 1. The number of hydrogen-bond donors (Lipinski definition) is 1. The maximum atomic E-state index is 4.30. The molecule has 0 aliphatic carbocycles. The fraction of sp³-hybridized carbons (Fsp3) is 0.200. The molecule has 2 aromatic rings. The van der Waals surface area contributed by atoms with Crippen LogP contribution in [0.4, 0.5) is 5.82 Å². The number of allylic oxidation sites excluding steroid dienone is 1. The van der Waals surface area contributed by atoms with Gasteiger partial charge >= 0.3 is 0 Å². The van der Waals surface area contributed by atoms with Gasteiger partial charge in [0.15, 0.2) is 0 Å². The topological polar surface area (TPSA) is 40.5 Å². The van der Waals surface area contributed by atoms with Gasteiger partial charge in [-0.3, -0.25) is 5.01 Å². The Morgan fingerprint density at radius 3 is 2.84 bits per heavy atom. The van der Waals surface area contributed by atoms with Crippen molar-refractivity contribution in [2.75, 3.05) is 19.4 Å². The first kappa shape index (κ1) is 13.1. The van der Waals surface area contributed by atoms with E-state index in [0.29, 0.717) is 0 Å². The van der Waals surface area contributed by atoms with Crippen LogP contribution in [-0.2, 0) is 0 Å². The number of pyridine rings is 1. The van der Waals surface area contributed by atoms with Crippen LogP contribution in [0.1, 0.15) is 12.5 Å². The lowest BCUT2D eigenvalue weighted by molar-refractivity contribution is 0.496. The first-order chi connectivity index (χ1) is 9.13. The van der Waals surface area contributed by atoms with Crippen LogP contribution in [0.3, 0.4) is 0 Å². The summed E-state index contributed by atoms with van der Waals surface area (Å²) in [5, 5.41) is 10.9. The summed E-state index contributed by atoms with van der Waals surface area (Å²) in [6.07, 6.45) is 3.83. The molecule has 0 bridgehead atoms. The van der Waals surface area contributed by atoms with Crippen LogP contribution in [-0.4, -0.2) is 30.8 Å². The van der Waals surface area contributed by atoms with E-state index in [-0.39, 0.29) is 0 Å². The minimum absolute atomic E-state index is 0.871. The van der Waals surface area contributed by atoms with E-state index < -0.39 is 0 Å². The number of hydrogen-bond acceptors (Lipinski definition) is 4. The fourth-order valence-corrected chi connectivity index (χ4v) is 1.92. The maximum absolute atomic E-state index is 4.30. The predicted octanol–water partition coefficient (Wildman–Crippen LogP) is 3.18. The molecule has 0 unspecified atom stereocenters. The first-order valence-electron chi connectivity index (χ1n) is 6.10. The molecule has 4 heteroatoms. The lowest BCUT2D eigenvalue weighted by Gasteiger charge is -2.09. The van der Waals surface area contributed by atoms with Crippen LogP contribution in [0, 0.1) is 0 Å². The third kappa shape index (κ3) is 2.91. The monoisotopic (exact) mass is 254 g/mol. The van der Waals surface area contributed by atoms with Crippen LogP contribution < -0.4 is 5.32 Å². The summed E-state index contributed by atoms with van der Waals surface area (Å²) in [7, 11) is 3.73. The zero-order valence-electron chi connectivity index (χ0n) is 11.5.